The van der Waals surface area contributed by atoms with Crippen molar-refractivity contribution >= 4 is 19.4 Å². The molecule has 2 heterocycles. The number of aryl methyl sites for hydroxylation is 1. The van der Waals surface area contributed by atoms with Gasteiger partial charge in [0.2, 0.25) is 0 Å². The van der Waals surface area contributed by atoms with Crippen molar-refractivity contribution in [2.75, 3.05) is 6.16 Å². The topological polar surface area (TPSA) is 103 Å². The molecule has 24 heavy (non-hydrogen) atoms. The van der Waals surface area contributed by atoms with E-state index in [4.69, 9.17) is 4.74 Å². The third-order valence-electron chi connectivity index (χ3n) is 4.26. The molecule has 3 rings (SSSR count). The summed E-state index contributed by atoms with van der Waals surface area (Å²) in [5.41, 5.74) is 2.64. The van der Waals surface area contributed by atoms with Crippen LogP contribution >= 0.6 is 8.46 Å². The standard InChI is InChI=1S/C10H11N.C7H13O5P/c1-2-8-7-11-10-6-4-3-5-9(8)10;1-3-5(8)7(10)6(9)4(12-3)2-13-11/h3-7,11H,2H2,1H3;3-10H,2H2,1H3/t;3-,4+,5-,6+,7+/m.0/s1. The first-order chi connectivity index (χ1) is 11.5. The first-order valence-electron chi connectivity index (χ1n) is 8.03. The normalized spacial score (nSPS) is 30.1. The molecule has 1 aliphatic heterocycles. The third-order valence-corrected chi connectivity index (χ3v) is 4.77. The maximum absolute atomic E-state index is 10.3. The molecular weight excluding hydrogens is 329 g/mol. The summed E-state index contributed by atoms with van der Waals surface area (Å²) >= 11 is 0. The van der Waals surface area contributed by atoms with Crippen LogP contribution in [-0.4, -0.2) is 57.0 Å². The molecule has 1 fully saturated rings. The molecule has 0 bridgehead atoms. The zero-order chi connectivity index (χ0) is 17.7. The van der Waals surface area contributed by atoms with Crippen LogP contribution in [0.25, 0.3) is 10.9 Å². The molecule has 2 aromatic rings. The number of para-hydroxylation sites is 1. The van der Waals surface area contributed by atoms with Gasteiger partial charge in [0.1, 0.15) is 18.3 Å². The van der Waals surface area contributed by atoms with Crippen molar-refractivity contribution in [1.82, 2.24) is 4.98 Å². The first-order valence-corrected chi connectivity index (χ1v) is 9.03. The quantitative estimate of drug-likeness (QED) is 0.631. The van der Waals surface area contributed by atoms with E-state index in [0.717, 1.165) is 6.42 Å². The minimum atomic E-state index is -1.23. The second-order valence-corrected chi connectivity index (χ2v) is 6.50. The van der Waals surface area contributed by atoms with Gasteiger partial charge in [0.25, 0.3) is 0 Å². The van der Waals surface area contributed by atoms with Crippen LogP contribution in [0.5, 0.6) is 0 Å². The largest absolute Gasteiger partial charge is 0.388 e. The molecule has 1 aromatic carbocycles. The van der Waals surface area contributed by atoms with Gasteiger partial charge >= 0.3 is 0 Å². The molecule has 7 heteroatoms. The summed E-state index contributed by atoms with van der Waals surface area (Å²) in [4.78, 5) is 3.24. The number of H-pyrrole nitrogens is 1. The summed E-state index contributed by atoms with van der Waals surface area (Å²) in [6, 6.07) is 8.40. The van der Waals surface area contributed by atoms with Crippen molar-refractivity contribution in [2.24, 2.45) is 0 Å². The fourth-order valence-corrected chi connectivity index (χ4v) is 3.23. The van der Waals surface area contributed by atoms with Crippen LogP contribution in [0.1, 0.15) is 19.4 Å². The Morgan fingerprint density at radius 1 is 1.17 bits per heavy atom. The summed E-state index contributed by atoms with van der Waals surface area (Å²) in [5.74, 6) is 0. The number of fused-ring (bicyclic) bond motifs is 1. The molecule has 5 atom stereocenters. The van der Waals surface area contributed by atoms with Crippen molar-refractivity contribution in [1.29, 1.82) is 0 Å². The highest BCUT2D eigenvalue weighted by atomic mass is 31.1. The fraction of sp³-hybridized carbons (Fsp3) is 0.529. The molecule has 0 saturated carbocycles. The van der Waals surface area contributed by atoms with Gasteiger partial charge in [-0.1, -0.05) is 25.1 Å². The molecule has 132 valence electrons. The van der Waals surface area contributed by atoms with Gasteiger partial charge in [0, 0.05) is 17.1 Å². The Labute approximate surface area is 142 Å². The van der Waals surface area contributed by atoms with Crippen molar-refractivity contribution in [3.63, 3.8) is 0 Å². The van der Waals surface area contributed by atoms with Gasteiger partial charge in [-0.2, -0.15) is 0 Å². The number of aromatic amines is 1. The van der Waals surface area contributed by atoms with Crippen LogP contribution in [0, 0.1) is 0 Å². The number of aromatic nitrogens is 1. The molecule has 1 aliphatic rings. The maximum Gasteiger partial charge on any atom is 0.158 e. The summed E-state index contributed by atoms with van der Waals surface area (Å²) in [5, 5.41) is 29.4. The van der Waals surface area contributed by atoms with E-state index in [1.54, 1.807) is 6.92 Å². The van der Waals surface area contributed by atoms with Gasteiger partial charge in [-0.3, -0.25) is 4.57 Å². The van der Waals surface area contributed by atoms with Gasteiger partial charge < -0.3 is 25.0 Å². The lowest BCUT2D eigenvalue weighted by Gasteiger charge is -2.38. The Bertz CT molecular complexity index is 661. The second kappa shape index (κ2) is 8.70. The second-order valence-electron chi connectivity index (χ2n) is 5.88. The van der Waals surface area contributed by atoms with E-state index in [1.807, 2.05) is 0 Å². The van der Waals surface area contributed by atoms with Crippen molar-refractivity contribution in [3.8, 4) is 0 Å². The lowest BCUT2D eigenvalue weighted by Crippen LogP contribution is -2.57. The Hall–Kier alpha value is -1.30. The Morgan fingerprint density at radius 2 is 1.88 bits per heavy atom. The average molecular weight is 353 g/mol. The van der Waals surface area contributed by atoms with E-state index >= 15 is 0 Å². The van der Waals surface area contributed by atoms with E-state index in [9.17, 15) is 19.9 Å². The number of aliphatic hydroxyl groups excluding tert-OH is 3. The predicted octanol–water partition coefficient (Wildman–Crippen LogP) is 1.88. The number of hydrogen-bond donors (Lipinski definition) is 4. The Morgan fingerprint density at radius 3 is 2.54 bits per heavy atom. The van der Waals surface area contributed by atoms with Gasteiger partial charge in [-0.25, -0.2) is 0 Å². The zero-order valence-electron chi connectivity index (χ0n) is 13.8. The van der Waals surface area contributed by atoms with Gasteiger partial charge in [-0.15, -0.1) is 0 Å². The minimum Gasteiger partial charge on any atom is -0.388 e. The van der Waals surface area contributed by atoms with Crippen LogP contribution < -0.4 is 0 Å². The summed E-state index contributed by atoms with van der Waals surface area (Å²) in [7, 11) is -0.146. The highest BCUT2D eigenvalue weighted by Gasteiger charge is 2.41. The van der Waals surface area contributed by atoms with Crippen molar-refractivity contribution in [3.05, 3.63) is 36.0 Å². The van der Waals surface area contributed by atoms with Crippen LogP contribution in [0.2, 0.25) is 0 Å². The van der Waals surface area contributed by atoms with Crippen LogP contribution in [0.4, 0.5) is 0 Å². The molecule has 0 aliphatic carbocycles. The average Bonchev–Trinajstić information content (AvgIpc) is 3.02. The van der Waals surface area contributed by atoms with Crippen molar-refractivity contribution in [2.45, 2.75) is 50.8 Å². The Balaban J connectivity index is 0.000000175. The monoisotopic (exact) mass is 353 g/mol. The van der Waals surface area contributed by atoms with E-state index < -0.39 is 30.5 Å². The van der Waals surface area contributed by atoms with E-state index in [0.29, 0.717) is 0 Å². The number of hydrogen-bond acceptors (Lipinski definition) is 5. The maximum atomic E-state index is 10.3. The third kappa shape index (κ3) is 4.21. The van der Waals surface area contributed by atoms with E-state index in [2.05, 4.69) is 42.4 Å². The van der Waals surface area contributed by atoms with Crippen LogP contribution in [0.3, 0.4) is 0 Å². The van der Waals surface area contributed by atoms with Crippen LogP contribution in [0.15, 0.2) is 30.5 Å². The molecule has 1 saturated heterocycles. The van der Waals surface area contributed by atoms with Gasteiger partial charge in [0.15, 0.2) is 8.46 Å². The predicted molar refractivity (Wildman–Crippen MR) is 92.5 cm³/mol. The van der Waals surface area contributed by atoms with E-state index in [-0.39, 0.29) is 14.6 Å². The zero-order valence-corrected chi connectivity index (χ0v) is 14.7. The molecule has 1 aromatic heterocycles. The molecule has 6 nitrogen and oxygen atoms in total. The van der Waals surface area contributed by atoms with E-state index in [1.165, 1.54) is 16.5 Å². The van der Waals surface area contributed by atoms with Crippen LogP contribution in [-0.2, 0) is 15.7 Å². The highest BCUT2D eigenvalue weighted by molar-refractivity contribution is 7.23. The smallest absolute Gasteiger partial charge is 0.158 e. The molecular formula is C17H24NO5P. The van der Waals surface area contributed by atoms with Gasteiger partial charge in [0.05, 0.1) is 18.4 Å². The fourth-order valence-electron chi connectivity index (χ4n) is 2.78. The molecule has 0 radical (unpaired) electrons. The lowest BCUT2D eigenvalue weighted by atomic mass is 9.96. The minimum absolute atomic E-state index is 0.120. The number of nitrogens with one attached hydrogen (secondary N) is 1. The number of aliphatic hydroxyl groups is 3. The number of rotatable bonds is 3. The Kier molecular flexibility index (Phi) is 6.90. The lowest BCUT2D eigenvalue weighted by molar-refractivity contribution is -0.210. The molecule has 4 N–H and O–H groups in total. The molecule has 0 unspecified atom stereocenters. The molecule has 0 spiro atoms. The van der Waals surface area contributed by atoms with Crippen molar-refractivity contribution < 1.29 is 24.6 Å². The first kappa shape index (κ1) is 19.0. The van der Waals surface area contributed by atoms with Gasteiger partial charge in [-0.05, 0) is 25.0 Å². The summed E-state index contributed by atoms with van der Waals surface area (Å²) in [6.07, 6.45) is -1.40. The summed E-state index contributed by atoms with van der Waals surface area (Å²) < 4.78 is 15.4. The number of benzene rings is 1. The number of ether oxygens (including phenoxy) is 1. The highest BCUT2D eigenvalue weighted by Crippen LogP contribution is 2.22. The molecule has 0 amide bonds. The summed E-state index contributed by atoms with van der Waals surface area (Å²) in [6.45, 7) is 3.77. The SMILES string of the molecule is CCc1c[nH]c2ccccc12.C[C@@H]1O[C@H](CP=O)[C@@H](O)[C@H](O)[C@H]1O.